The van der Waals surface area contributed by atoms with E-state index in [1.807, 2.05) is 55.5 Å². The summed E-state index contributed by atoms with van der Waals surface area (Å²) in [5.74, 6) is 1.39. The maximum atomic E-state index is 5.89. The molecule has 0 aliphatic rings. The molecule has 3 aromatic rings. The number of benzene rings is 2. The van der Waals surface area contributed by atoms with Crippen LogP contribution in [0, 0.1) is 4.77 Å². The van der Waals surface area contributed by atoms with Crippen LogP contribution in [-0.4, -0.2) is 27.7 Å². The van der Waals surface area contributed by atoms with Gasteiger partial charge in [0.25, 0.3) is 0 Å². The molecular weight excluding hydrogens is 344 g/mol. The lowest BCUT2D eigenvalue weighted by molar-refractivity contribution is 0.340. The highest BCUT2D eigenvalue weighted by molar-refractivity contribution is 7.71. The number of aromatic nitrogens is 3. The Balaban J connectivity index is 1.95. The molecule has 1 heterocycles. The van der Waals surface area contributed by atoms with Crippen LogP contribution >= 0.6 is 23.8 Å². The van der Waals surface area contributed by atoms with Crippen LogP contribution in [0.2, 0.25) is 5.02 Å². The van der Waals surface area contributed by atoms with Gasteiger partial charge in [-0.05, 0) is 49.0 Å². The minimum Gasteiger partial charge on any atom is -0.494 e. The highest BCUT2D eigenvalue weighted by atomic mass is 35.5. The van der Waals surface area contributed by atoms with Crippen LogP contribution in [0.3, 0.4) is 0 Å². The Morgan fingerprint density at radius 2 is 2.08 bits per heavy atom. The standard InChI is InChI=1S/C17H15ClN4OS/c1-2-23-15-5-3-4-13(10-15)16-20-21-17(24)22(16)19-11-12-6-8-14(18)9-7-12/h3-11H,2H2,1H3,(H,21,24)/b19-11-. The molecule has 1 aromatic heterocycles. The fourth-order valence-electron chi connectivity index (χ4n) is 2.15. The van der Waals surface area contributed by atoms with E-state index in [1.54, 1.807) is 10.9 Å². The molecule has 0 spiro atoms. The first-order chi connectivity index (χ1) is 11.7. The molecule has 3 rings (SSSR count). The number of rotatable bonds is 5. The SMILES string of the molecule is CCOc1cccc(-c2n[nH]c(=S)n2/N=C\c2ccc(Cl)cc2)c1. The van der Waals surface area contributed by atoms with Crippen molar-refractivity contribution < 1.29 is 4.74 Å². The highest BCUT2D eigenvalue weighted by Gasteiger charge is 2.09. The van der Waals surface area contributed by atoms with Gasteiger partial charge in [-0.1, -0.05) is 35.9 Å². The van der Waals surface area contributed by atoms with Crippen molar-refractivity contribution in [2.24, 2.45) is 5.10 Å². The van der Waals surface area contributed by atoms with Gasteiger partial charge in [0.2, 0.25) is 4.77 Å². The molecule has 0 radical (unpaired) electrons. The number of nitrogens with zero attached hydrogens (tertiary/aromatic N) is 3. The van der Waals surface area contributed by atoms with Crippen molar-refractivity contribution in [3.63, 3.8) is 0 Å². The van der Waals surface area contributed by atoms with E-state index in [0.717, 1.165) is 16.9 Å². The Kier molecular flexibility index (Phi) is 5.08. The van der Waals surface area contributed by atoms with Crippen LogP contribution in [0.5, 0.6) is 5.75 Å². The third-order valence-corrected chi connectivity index (χ3v) is 3.76. The summed E-state index contributed by atoms with van der Waals surface area (Å²) in [6.45, 7) is 2.55. The monoisotopic (exact) mass is 358 g/mol. The number of nitrogens with one attached hydrogen (secondary N) is 1. The molecule has 0 unspecified atom stereocenters. The van der Waals surface area contributed by atoms with E-state index in [2.05, 4.69) is 15.3 Å². The van der Waals surface area contributed by atoms with Gasteiger partial charge in [0, 0.05) is 10.6 Å². The van der Waals surface area contributed by atoms with Crippen molar-refractivity contribution in [3.05, 3.63) is 63.9 Å². The van der Waals surface area contributed by atoms with E-state index in [4.69, 9.17) is 28.6 Å². The zero-order valence-corrected chi connectivity index (χ0v) is 14.5. The van der Waals surface area contributed by atoms with Gasteiger partial charge in [0.05, 0.1) is 12.8 Å². The van der Waals surface area contributed by atoms with Crippen molar-refractivity contribution in [1.82, 2.24) is 14.9 Å². The number of hydrogen-bond acceptors (Lipinski definition) is 4. The summed E-state index contributed by atoms with van der Waals surface area (Å²) in [6, 6.07) is 15.0. The zero-order valence-electron chi connectivity index (χ0n) is 12.9. The third-order valence-electron chi connectivity index (χ3n) is 3.25. The first kappa shape index (κ1) is 16.4. The lowest BCUT2D eigenvalue weighted by Gasteiger charge is -2.05. The molecule has 7 heteroatoms. The maximum Gasteiger partial charge on any atom is 0.216 e. The summed E-state index contributed by atoms with van der Waals surface area (Å²) in [4.78, 5) is 0. The van der Waals surface area contributed by atoms with Crippen LogP contribution in [0.1, 0.15) is 12.5 Å². The van der Waals surface area contributed by atoms with Gasteiger partial charge in [-0.3, -0.25) is 0 Å². The number of halogens is 1. The second kappa shape index (κ2) is 7.42. The van der Waals surface area contributed by atoms with Gasteiger partial charge in [-0.15, -0.1) is 0 Å². The molecule has 5 nitrogen and oxygen atoms in total. The average molecular weight is 359 g/mol. The lowest BCUT2D eigenvalue weighted by atomic mass is 10.2. The van der Waals surface area contributed by atoms with Crippen LogP contribution in [0.25, 0.3) is 11.4 Å². The molecule has 2 aromatic carbocycles. The highest BCUT2D eigenvalue weighted by Crippen LogP contribution is 2.22. The predicted octanol–water partition coefficient (Wildman–Crippen LogP) is 4.54. The molecule has 0 saturated heterocycles. The van der Waals surface area contributed by atoms with E-state index in [9.17, 15) is 0 Å². The molecule has 0 amide bonds. The summed E-state index contributed by atoms with van der Waals surface area (Å²) in [5, 5.41) is 12.2. The smallest absolute Gasteiger partial charge is 0.216 e. The molecule has 24 heavy (non-hydrogen) atoms. The number of aromatic amines is 1. The molecule has 0 atom stereocenters. The van der Waals surface area contributed by atoms with Gasteiger partial charge in [0.1, 0.15) is 5.75 Å². The maximum absolute atomic E-state index is 5.89. The first-order valence-corrected chi connectivity index (χ1v) is 8.16. The van der Waals surface area contributed by atoms with Gasteiger partial charge < -0.3 is 4.74 Å². The summed E-state index contributed by atoms with van der Waals surface area (Å²) < 4.78 is 7.52. The number of ether oxygens (including phenoxy) is 1. The van der Waals surface area contributed by atoms with Crippen LogP contribution < -0.4 is 4.74 Å². The van der Waals surface area contributed by atoms with Crippen molar-refractivity contribution in [1.29, 1.82) is 0 Å². The van der Waals surface area contributed by atoms with Crippen molar-refractivity contribution >= 4 is 30.0 Å². The Labute approximate surface area is 149 Å². The minimum atomic E-state index is 0.414. The normalized spacial score (nSPS) is 11.1. The van der Waals surface area contributed by atoms with Crippen LogP contribution in [0.15, 0.2) is 53.6 Å². The zero-order chi connectivity index (χ0) is 16.9. The fourth-order valence-corrected chi connectivity index (χ4v) is 2.46. The molecule has 0 fully saturated rings. The topological polar surface area (TPSA) is 55.2 Å². The fraction of sp³-hybridized carbons (Fsp3) is 0.118. The van der Waals surface area contributed by atoms with Gasteiger partial charge >= 0.3 is 0 Å². The molecule has 0 saturated carbocycles. The second-order valence-corrected chi connectivity index (χ2v) is 5.74. The Bertz CT molecular complexity index is 915. The Morgan fingerprint density at radius 3 is 2.83 bits per heavy atom. The molecule has 0 aliphatic heterocycles. The van der Waals surface area contributed by atoms with Gasteiger partial charge in [0.15, 0.2) is 5.82 Å². The van der Waals surface area contributed by atoms with E-state index >= 15 is 0 Å². The van der Waals surface area contributed by atoms with E-state index in [1.165, 1.54) is 0 Å². The molecule has 1 N–H and O–H groups in total. The Morgan fingerprint density at radius 1 is 1.29 bits per heavy atom. The van der Waals surface area contributed by atoms with Crippen LogP contribution in [0.4, 0.5) is 0 Å². The quantitative estimate of drug-likeness (QED) is 0.538. The second-order valence-electron chi connectivity index (χ2n) is 4.92. The summed E-state index contributed by atoms with van der Waals surface area (Å²) >= 11 is 11.2. The van der Waals surface area contributed by atoms with E-state index in [0.29, 0.717) is 22.2 Å². The van der Waals surface area contributed by atoms with Crippen molar-refractivity contribution in [2.45, 2.75) is 6.92 Å². The van der Waals surface area contributed by atoms with E-state index < -0.39 is 0 Å². The summed E-state index contributed by atoms with van der Waals surface area (Å²) in [6.07, 6.45) is 1.71. The third kappa shape index (κ3) is 3.72. The summed E-state index contributed by atoms with van der Waals surface area (Å²) in [7, 11) is 0. The molecular formula is C17H15ClN4OS. The largest absolute Gasteiger partial charge is 0.494 e. The molecule has 0 aliphatic carbocycles. The van der Waals surface area contributed by atoms with E-state index in [-0.39, 0.29) is 0 Å². The summed E-state index contributed by atoms with van der Waals surface area (Å²) in [5.41, 5.74) is 1.78. The van der Waals surface area contributed by atoms with Crippen LogP contribution in [-0.2, 0) is 0 Å². The predicted molar refractivity (Wildman–Crippen MR) is 98.5 cm³/mol. The number of H-pyrrole nitrogens is 1. The lowest BCUT2D eigenvalue weighted by Crippen LogP contribution is -1.96. The number of hydrogen-bond donors (Lipinski definition) is 1. The van der Waals surface area contributed by atoms with Crippen molar-refractivity contribution in [3.8, 4) is 17.1 Å². The first-order valence-electron chi connectivity index (χ1n) is 7.38. The van der Waals surface area contributed by atoms with Gasteiger partial charge in [-0.25, -0.2) is 5.10 Å². The molecule has 122 valence electrons. The minimum absolute atomic E-state index is 0.414. The average Bonchev–Trinajstić information content (AvgIpc) is 2.96. The molecule has 0 bridgehead atoms. The van der Waals surface area contributed by atoms with Gasteiger partial charge in [-0.2, -0.15) is 14.9 Å². The Hall–Kier alpha value is -2.44. The van der Waals surface area contributed by atoms with Crippen molar-refractivity contribution in [2.75, 3.05) is 6.61 Å².